The summed E-state index contributed by atoms with van der Waals surface area (Å²) in [7, 11) is 0. The number of ketones is 1. The second kappa shape index (κ2) is 4.38. The molecule has 1 aromatic carbocycles. The predicted molar refractivity (Wildman–Crippen MR) is 76.9 cm³/mol. The number of hydrogen-bond acceptors (Lipinski definition) is 4. The van der Waals surface area contributed by atoms with E-state index >= 15 is 0 Å². The first kappa shape index (κ1) is 11.5. The van der Waals surface area contributed by atoms with Crippen molar-refractivity contribution in [3.8, 4) is 11.3 Å². The van der Waals surface area contributed by atoms with Crippen molar-refractivity contribution >= 4 is 17.1 Å². The van der Waals surface area contributed by atoms with Gasteiger partial charge >= 0.3 is 0 Å². The van der Waals surface area contributed by atoms with Gasteiger partial charge in [-0.3, -0.25) is 9.78 Å². The quantitative estimate of drug-likeness (QED) is 0.693. The van der Waals surface area contributed by atoms with Crippen LogP contribution in [0.1, 0.15) is 27.7 Å². The maximum absolute atomic E-state index is 12.3. The number of thiazole rings is 1. The zero-order valence-electron chi connectivity index (χ0n) is 10.6. The molecule has 0 fully saturated rings. The number of aromatic nitrogens is 3. The molecule has 0 spiro atoms. The number of benzene rings is 1. The molecule has 1 unspecified atom stereocenters. The van der Waals surface area contributed by atoms with Crippen molar-refractivity contribution in [1.29, 1.82) is 0 Å². The first-order chi connectivity index (χ1) is 9.84. The van der Waals surface area contributed by atoms with Crippen LogP contribution in [-0.4, -0.2) is 20.3 Å². The molecule has 1 atom stereocenters. The highest BCUT2D eigenvalue weighted by Gasteiger charge is 2.30. The molecule has 0 aliphatic carbocycles. The third-order valence-corrected chi connectivity index (χ3v) is 4.50. The maximum atomic E-state index is 12.3. The second-order valence-corrected chi connectivity index (χ2v) is 5.67. The molecule has 1 aliphatic heterocycles. The molecule has 0 N–H and O–H groups in total. The zero-order chi connectivity index (χ0) is 13.5. The average Bonchev–Trinajstić information content (AvgIpc) is 3.17. The molecule has 20 heavy (non-hydrogen) atoms. The molecule has 4 nitrogen and oxygen atoms in total. The lowest BCUT2D eigenvalue weighted by Gasteiger charge is -2.13. The van der Waals surface area contributed by atoms with Gasteiger partial charge in [0.2, 0.25) is 0 Å². The summed E-state index contributed by atoms with van der Waals surface area (Å²) in [6.45, 7) is 0. The zero-order valence-corrected chi connectivity index (χ0v) is 11.4. The van der Waals surface area contributed by atoms with Crippen molar-refractivity contribution in [2.24, 2.45) is 0 Å². The van der Waals surface area contributed by atoms with E-state index in [1.165, 1.54) is 22.5 Å². The highest BCUT2D eigenvalue weighted by Crippen LogP contribution is 2.41. The molecule has 0 saturated heterocycles. The number of carbonyl (C=O) groups is 1. The van der Waals surface area contributed by atoms with Gasteiger partial charge in [0.05, 0.1) is 34.6 Å². The number of fused-ring (bicyclic) bond motifs is 3. The van der Waals surface area contributed by atoms with Crippen molar-refractivity contribution in [3.05, 3.63) is 58.9 Å². The highest BCUT2D eigenvalue weighted by molar-refractivity contribution is 7.11. The third kappa shape index (κ3) is 1.63. The minimum Gasteiger partial charge on any atom is -0.322 e. The maximum Gasteiger partial charge on any atom is 0.176 e. The number of rotatable bonds is 3. The van der Waals surface area contributed by atoms with E-state index in [1.54, 1.807) is 18.0 Å². The Morgan fingerprint density at radius 1 is 1.25 bits per heavy atom. The molecule has 5 heteroatoms. The fraction of sp³-hybridized carbons (Fsp3) is 0.133. The Hall–Kier alpha value is -2.27. The lowest BCUT2D eigenvalue weighted by molar-refractivity contribution is 0.0974. The summed E-state index contributed by atoms with van der Waals surface area (Å²) < 4.78 is 2.09. The lowest BCUT2D eigenvalue weighted by atomic mass is 9.99. The Balaban J connectivity index is 1.74. The standard InChI is InChI=1S/C15H11N3OS/c19-14(15-7-17-9-20-15)5-12-10-3-1-2-4-11(10)13-6-16-8-18(12)13/h1-4,6-9,12H,5H2. The largest absolute Gasteiger partial charge is 0.322 e. The van der Waals surface area contributed by atoms with Crippen LogP contribution in [0.2, 0.25) is 0 Å². The molecule has 1 aliphatic rings. The van der Waals surface area contributed by atoms with Crippen LogP contribution >= 0.6 is 11.3 Å². The molecule has 4 rings (SSSR count). The fourth-order valence-electron chi connectivity index (χ4n) is 2.77. The van der Waals surface area contributed by atoms with Gasteiger partial charge in [-0.2, -0.15) is 0 Å². The molecule has 2 aromatic heterocycles. The first-order valence-electron chi connectivity index (χ1n) is 6.37. The Labute approximate surface area is 119 Å². The summed E-state index contributed by atoms with van der Waals surface area (Å²) in [6.07, 6.45) is 5.75. The molecule has 0 bridgehead atoms. The van der Waals surface area contributed by atoms with Gasteiger partial charge in [0.15, 0.2) is 5.78 Å². The van der Waals surface area contributed by atoms with E-state index in [1.807, 2.05) is 18.3 Å². The Morgan fingerprint density at radius 2 is 2.15 bits per heavy atom. The molecule has 0 saturated carbocycles. The molecule has 98 valence electrons. The van der Waals surface area contributed by atoms with E-state index in [0.717, 1.165) is 10.6 Å². The van der Waals surface area contributed by atoms with Crippen molar-refractivity contribution in [2.45, 2.75) is 12.5 Å². The molecule has 3 heterocycles. The van der Waals surface area contributed by atoms with Gasteiger partial charge < -0.3 is 4.57 Å². The minimum absolute atomic E-state index is 0.0401. The van der Waals surface area contributed by atoms with E-state index in [4.69, 9.17) is 0 Å². The van der Waals surface area contributed by atoms with Crippen LogP contribution < -0.4 is 0 Å². The van der Waals surface area contributed by atoms with Crippen molar-refractivity contribution in [1.82, 2.24) is 14.5 Å². The number of hydrogen-bond donors (Lipinski definition) is 0. The molecular formula is C15H11N3OS. The van der Waals surface area contributed by atoms with Crippen LogP contribution in [0.4, 0.5) is 0 Å². The fourth-order valence-corrected chi connectivity index (χ4v) is 3.34. The van der Waals surface area contributed by atoms with Gasteiger partial charge in [-0.1, -0.05) is 24.3 Å². The number of carbonyl (C=O) groups excluding carboxylic acids is 1. The van der Waals surface area contributed by atoms with Gasteiger partial charge in [-0.25, -0.2) is 4.98 Å². The predicted octanol–water partition coefficient (Wildman–Crippen LogP) is 3.18. The normalized spacial score (nSPS) is 15.9. The average molecular weight is 281 g/mol. The number of imidazole rings is 1. The first-order valence-corrected chi connectivity index (χ1v) is 7.25. The monoisotopic (exact) mass is 281 g/mol. The summed E-state index contributed by atoms with van der Waals surface area (Å²) in [6, 6.07) is 8.25. The number of nitrogens with zero attached hydrogens (tertiary/aromatic N) is 3. The van der Waals surface area contributed by atoms with Gasteiger partial charge in [-0.15, -0.1) is 11.3 Å². The molecular weight excluding hydrogens is 270 g/mol. The van der Waals surface area contributed by atoms with Crippen LogP contribution in [0.25, 0.3) is 11.3 Å². The van der Waals surface area contributed by atoms with E-state index < -0.39 is 0 Å². The Kier molecular flexibility index (Phi) is 2.53. The van der Waals surface area contributed by atoms with Gasteiger partial charge in [0, 0.05) is 18.2 Å². The van der Waals surface area contributed by atoms with Gasteiger partial charge in [0.1, 0.15) is 0 Å². The Bertz CT molecular complexity index is 776. The topological polar surface area (TPSA) is 47.8 Å². The van der Waals surface area contributed by atoms with Crippen LogP contribution in [0, 0.1) is 0 Å². The van der Waals surface area contributed by atoms with Crippen LogP contribution in [-0.2, 0) is 0 Å². The second-order valence-electron chi connectivity index (χ2n) is 4.78. The molecule has 3 aromatic rings. The van der Waals surface area contributed by atoms with Gasteiger partial charge in [0.25, 0.3) is 0 Å². The van der Waals surface area contributed by atoms with E-state index in [-0.39, 0.29) is 11.8 Å². The van der Waals surface area contributed by atoms with E-state index in [9.17, 15) is 4.79 Å². The van der Waals surface area contributed by atoms with Crippen LogP contribution in [0.3, 0.4) is 0 Å². The van der Waals surface area contributed by atoms with Crippen molar-refractivity contribution < 1.29 is 4.79 Å². The lowest BCUT2D eigenvalue weighted by Crippen LogP contribution is -2.10. The summed E-state index contributed by atoms with van der Waals surface area (Å²) >= 11 is 1.39. The summed E-state index contributed by atoms with van der Waals surface area (Å²) in [5, 5.41) is 0. The van der Waals surface area contributed by atoms with Crippen LogP contribution in [0.15, 0.2) is 48.5 Å². The minimum atomic E-state index is 0.0401. The van der Waals surface area contributed by atoms with Crippen LogP contribution in [0.5, 0.6) is 0 Å². The van der Waals surface area contributed by atoms with Crippen molar-refractivity contribution in [2.75, 3.05) is 0 Å². The van der Waals surface area contributed by atoms with E-state index in [2.05, 4.69) is 26.7 Å². The SMILES string of the molecule is O=C(CC1c2ccccc2-c2cncn21)c1cncs1. The molecule has 0 radical (unpaired) electrons. The van der Waals surface area contributed by atoms with Crippen molar-refractivity contribution in [3.63, 3.8) is 0 Å². The van der Waals surface area contributed by atoms with E-state index in [0.29, 0.717) is 6.42 Å². The van der Waals surface area contributed by atoms with Gasteiger partial charge in [-0.05, 0) is 5.56 Å². The summed E-state index contributed by atoms with van der Waals surface area (Å²) in [5.41, 5.74) is 5.15. The third-order valence-electron chi connectivity index (χ3n) is 3.68. The smallest absolute Gasteiger partial charge is 0.176 e. The highest BCUT2D eigenvalue weighted by atomic mass is 32.1. The molecule has 0 amide bonds. The summed E-state index contributed by atoms with van der Waals surface area (Å²) in [5.74, 6) is 0.133. The Morgan fingerprint density at radius 3 is 3.00 bits per heavy atom. The summed E-state index contributed by atoms with van der Waals surface area (Å²) in [4.78, 5) is 21.2. The number of Topliss-reactive ketones (excluding diaryl/α,β-unsaturated/α-hetero) is 1.